The van der Waals surface area contributed by atoms with Crippen molar-refractivity contribution < 1.29 is 13.2 Å². The predicted octanol–water partition coefficient (Wildman–Crippen LogP) is 5.12. The molecule has 1 N–H and O–H groups in total. The first-order valence-corrected chi connectivity index (χ1v) is 13.0. The van der Waals surface area contributed by atoms with Gasteiger partial charge < -0.3 is 4.57 Å². The molecule has 4 rings (SSSR count). The van der Waals surface area contributed by atoms with Crippen molar-refractivity contribution in [3.63, 3.8) is 0 Å². The molecule has 170 valence electrons. The molecule has 0 saturated carbocycles. The van der Waals surface area contributed by atoms with E-state index in [4.69, 9.17) is 0 Å². The van der Waals surface area contributed by atoms with E-state index in [0.29, 0.717) is 16.1 Å². The van der Waals surface area contributed by atoms with Gasteiger partial charge in [0.25, 0.3) is 15.9 Å². The summed E-state index contributed by atoms with van der Waals surface area (Å²) in [6.07, 6.45) is 3.34. The summed E-state index contributed by atoms with van der Waals surface area (Å²) in [5, 5.41) is 0. The number of unbranched alkanes of at least 4 members (excludes halogenated alkanes) is 1. The number of nitrogens with one attached hydrogen (secondary N) is 1. The summed E-state index contributed by atoms with van der Waals surface area (Å²) in [5.41, 5.74) is 3.09. The second-order valence-electron chi connectivity index (χ2n) is 7.76. The molecule has 1 heterocycles. The predicted molar refractivity (Wildman–Crippen MR) is 133 cm³/mol. The first-order valence-electron chi connectivity index (χ1n) is 10.7. The third-order valence-electron chi connectivity index (χ3n) is 5.33. The molecule has 3 aromatic carbocycles. The normalized spacial score (nSPS) is 12.2. The molecule has 0 radical (unpaired) electrons. The van der Waals surface area contributed by atoms with Crippen LogP contribution in [0.3, 0.4) is 0 Å². The van der Waals surface area contributed by atoms with Crippen LogP contribution in [-0.4, -0.2) is 18.9 Å². The van der Waals surface area contributed by atoms with Crippen LogP contribution >= 0.6 is 11.3 Å². The minimum atomic E-state index is -3.69. The fraction of sp³-hybridized carbons (Fsp3) is 0.200. The maximum absolute atomic E-state index is 12.8. The van der Waals surface area contributed by atoms with Gasteiger partial charge in [-0.05, 0) is 66.9 Å². The highest BCUT2D eigenvalue weighted by Gasteiger charge is 2.14. The van der Waals surface area contributed by atoms with Crippen LogP contribution in [-0.2, 0) is 23.5 Å². The zero-order chi connectivity index (χ0) is 23.4. The molecule has 0 spiro atoms. The highest BCUT2D eigenvalue weighted by Crippen LogP contribution is 2.20. The number of hydrogen-bond acceptors (Lipinski definition) is 4. The van der Waals surface area contributed by atoms with Crippen molar-refractivity contribution in [1.29, 1.82) is 0 Å². The molecule has 1 amide bonds. The van der Waals surface area contributed by atoms with E-state index in [9.17, 15) is 13.2 Å². The number of carbonyl (C=O) groups excluding carboxylic acids is 1. The maximum atomic E-state index is 12.8. The first-order chi connectivity index (χ1) is 15.9. The molecule has 0 saturated heterocycles. The number of hydrogen-bond donors (Lipinski definition) is 1. The number of anilines is 1. The number of amides is 1. The van der Waals surface area contributed by atoms with Gasteiger partial charge in [-0.15, -0.1) is 0 Å². The average molecular weight is 480 g/mol. The van der Waals surface area contributed by atoms with E-state index in [1.165, 1.54) is 29.0 Å². The lowest BCUT2D eigenvalue weighted by molar-refractivity contribution is 0.0998. The van der Waals surface area contributed by atoms with E-state index >= 15 is 0 Å². The number of sulfonamides is 1. The molecule has 0 aliphatic heterocycles. The molecule has 8 heteroatoms. The third kappa shape index (κ3) is 5.23. The Labute approximate surface area is 197 Å². The second kappa shape index (κ2) is 9.72. The second-order valence-corrected chi connectivity index (χ2v) is 10.5. The van der Waals surface area contributed by atoms with Crippen molar-refractivity contribution >= 4 is 43.2 Å². The minimum absolute atomic E-state index is 0.176. The smallest absolute Gasteiger partial charge is 0.279 e. The summed E-state index contributed by atoms with van der Waals surface area (Å²) in [4.78, 5) is 17.9. The van der Waals surface area contributed by atoms with E-state index in [2.05, 4.69) is 34.8 Å². The summed E-state index contributed by atoms with van der Waals surface area (Å²) >= 11 is 1.49. The Bertz CT molecular complexity index is 1450. The fourth-order valence-electron chi connectivity index (χ4n) is 3.47. The van der Waals surface area contributed by atoms with Crippen LogP contribution in [0.15, 0.2) is 82.7 Å². The molecule has 0 bridgehead atoms. The van der Waals surface area contributed by atoms with Gasteiger partial charge in [-0.25, -0.2) is 8.42 Å². The van der Waals surface area contributed by atoms with E-state index < -0.39 is 10.0 Å². The van der Waals surface area contributed by atoms with Gasteiger partial charge in [-0.3, -0.25) is 9.52 Å². The number of rotatable bonds is 7. The lowest BCUT2D eigenvalue weighted by Crippen LogP contribution is -2.14. The van der Waals surface area contributed by atoms with Crippen molar-refractivity contribution in [2.24, 2.45) is 12.0 Å². The Hall–Kier alpha value is -3.23. The summed E-state index contributed by atoms with van der Waals surface area (Å²) in [6, 6.07) is 20.8. The van der Waals surface area contributed by atoms with Crippen molar-refractivity contribution in [3.05, 3.63) is 88.7 Å². The van der Waals surface area contributed by atoms with Gasteiger partial charge in [0, 0.05) is 18.3 Å². The number of benzene rings is 3. The Kier molecular flexibility index (Phi) is 6.76. The molecule has 4 aromatic rings. The summed E-state index contributed by atoms with van der Waals surface area (Å²) in [7, 11) is -1.78. The number of aromatic nitrogens is 1. The van der Waals surface area contributed by atoms with Crippen LogP contribution in [0.1, 0.15) is 35.7 Å². The van der Waals surface area contributed by atoms with Crippen LogP contribution < -0.4 is 9.52 Å². The van der Waals surface area contributed by atoms with E-state index in [0.717, 1.165) is 29.5 Å². The number of aryl methyl sites for hydroxylation is 2. The number of nitrogens with zero attached hydrogens (tertiary/aromatic N) is 2. The van der Waals surface area contributed by atoms with Gasteiger partial charge >= 0.3 is 0 Å². The van der Waals surface area contributed by atoms with Crippen molar-refractivity contribution in [1.82, 2.24) is 4.57 Å². The van der Waals surface area contributed by atoms with Crippen molar-refractivity contribution in [2.45, 2.75) is 31.1 Å². The van der Waals surface area contributed by atoms with Crippen molar-refractivity contribution in [3.8, 4) is 0 Å². The molecule has 0 aliphatic carbocycles. The Morgan fingerprint density at radius 3 is 2.45 bits per heavy atom. The van der Waals surface area contributed by atoms with Gasteiger partial charge in [-0.2, -0.15) is 4.99 Å². The Morgan fingerprint density at radius 2 is 1.76 bits per heavy atom. The topological polar surface area (TPSA) is 80.5 Å². The van der Waals surface area contributed by atoms with Gasteiger partial charge in [0.15, 0.2) is 4.80 Å². The molecule has 0 aliphatic rings. The molecule has 6 nitrogen and oxygen atoms in total. The summed E-state index contributed by atoms with van der Waals surface area (Å²) in [5.74, 6) is -0.374. The van der Waals surface area contributed by atoms with Crippen LogP contribution in [0.5, 0.6) is 0 Å². The highest BCUT2D eigenvalue weighted by molar-refractivity contribution is 7.92. The third-order valence-corrected chi connectivity index (χ3v) is 7.82. The Morgan fingerprint density at radius 1 is 1.03 bits per heavy atom. The van der Waals surface area contributed by atoms with Crippen LogP contribution in [0.2, 0.25) is 0 Å². The van der Waals surface area contributed by atoms with E-state index in [1.54, 1.807) is 42.5 Å². The van der Waals surface area contributed by atoms with E-state index in [-0.39, 0.29) is 10.8 Å². The van der Waals surface area contributed by atoms with Crippen LogP contribution in [0, 0.1) is 0 Å². The number of thiazole rings is 1. The van der Waals surface area contributed by atoms with E-state index in [1.807, 2.05) is 11.6 Å². The van der Waals surface area contributed by atoms with Crippen LogP contribution in [0.4, 0.5) is 5.69 Å². The van der Waals surface area contributed by atoms with Gasteiger partial charge in [0.1, 0.15) is 0 Å². The molecule has 0 atom stereocenters. The quantitative estimate of drug-likeness (QED) is 0.399. The van der Waals surface area contributed by atoms with Crippen molar-refractivity contribution in [2.75, 3.05) is 4.72 Å². The monoisotopic (exact) mass is 479 g/mol. The molecule has 0 fully saturated rings. The SMILES string of the molecule is CCCCc1ccc2c(c1)sc(=NC(=O)c1ccc(NS(=O)(=O)c3ccccc3)cc1)n2C. The van der Waals surface area contributed by atoms with Crippen LogP contribution in [0.25, 0.3) is 10.2 Å². The largest absolute Gasteiger partial charge is 0.319 e. The molecule has 33 heavy (non-hydrogen) atoms. The summed E-state index contributed by atoms with van der Waals surface area (Å²) in [6.45, 7) is 2.18. The number of carbonyl (C=O) groups is 1. The molecule has 1 aromatic heterocycles. The standard InChI is InChI=1S/C25H25N3O3S2/c1-3-4-8-18-11-16-22-23(17-18)32-25(28(22)2)26-24(29)19-12-14-20(15-13-19)27-33(30,31)21-9-6-5-7-10-21/h5-7,9-17,27H,3-4,8H2,1-2H3. The molecular weight excluding hydrogens is 454 g/mol. The molecular formula is C25H25N3O3S2. The lowest BCUT2D eigenvalue weighted by Gasteiger charge is -2.08. The highest BCUT2D eigenvalue weighted by atomic mass is 32.2. The fourth-order valence-corrected chi connectivity index (χ4v) is 5.63. The lowest BCUT2D eigenvalue weighted by atomic mass is 10.1. The maximum Gasteiger partial charge on any atom is 0.279 e. The first kappa shape index (κ1) is 22.9. The molecule has 0 unspecified atom stereocenters. The summed E-state index contributed by atoms with van der Waals surface area (Å²) < 4.78 is 30.5. The van der Waals surface area contributed by atoms with Gasteiger partial charge in [-0.1, -0.05) is 48.9 Å². The average Bonchev–Trinajstić information content (AvgIpc) is 3.13. The Balaban J connectivity index is 1.55. The van der Waals surface area contributed by atoms with Gasteiger partial charge in [0.05, 0.1) is 15.1 Å². The number of fused-ring (bicyclic) bond motifs is 1. The van der Waals surface area contributed by atoms with Gasteiger partial charge in [0.2, 0.25) is 0 Å². The minimum Gasteiger partial charge on any atom is -0.319 e. The zero-order valence-corrected chi connectivity index (χ0v) is 20.1. The zero-order valence-electron chi connectivity index (χ0n) is 18.5.